The van der Waals surface area contributed by atoms with Crippen LogP contribution in [0, 0.1) is 5.82 Å². The van der Waals surface area contributed by atoms with E-state index in [1.54, 1.807) is 0 Å². The zero-order valence-corrected chi connectivity index (χ0v) is 16.8. The van der Waals surface area contributed by atoms with Gasteiger partial charge in [0.15, 0.2) is 0 Å². The maximum absolute atomic E-state index is 13.1. The number of hydrogen-bond donors (Lipinski definition) is 2. The molecule has 0 amide bonds. The summed E-state index contributed by atoms with van der Waals surface area (Å²) in [6.45, 7) is 0.372. The standard InChI is InChI=1S/C19H25FN4O4S/c20-14-3-6-16(7-4-14)29(26,27)22-17-8-5-15(28-19(17)12-25)9-10-24-11-18(21-23-24)13-1-2-13/h3-4,6-7,11,13,15,17,19,22,25H,1-2,5,8-10,12H2/t15-,17+,19+/m0/s1. The van der Waals surface area contributed by atoms with E-state index in [0.29, 0.717) is 31.7 Å². The molecule has 0 spiro atoms. The van der Waals surface area contributed by atoms with Gasteiger partial charge in [-0.05, 0) is 56.4 Å². The number of sulfonamides is 1. The third kappa shape index (κ3) is 5.00. The summed E-state index contributed by atoms with van der Waals surface area (Å²) in [5, 5.41) is 18.0. The topological polar surface area (TPSA) is 106 Å². The molecular weight excluding hydrogens is 399 g/mol. The van der Waals surface area contributed by atoms with Crippen LogP contribution in [0.2, 0.25) is 0 Å². The van der Waals surface area contributed by atoms with Gasteiger partial charge in [-0.15, -0.1) is 5.10 Å². The average molecular weight is 424 g/mol. The first kappa shape index (κ1) is 20.4. The van der Waals surface area contributed by atoms with Crippen LogP contribution >= 0.6 is 0 Å². The lowest BCUT2D eigenvalue weighted by molar-refractivity contribution is -0.0891. The number of aliphatic hydroxyl groups is 1. The van der Waals surface area contributed by atoms with Crippen molar-refractivity contribution < 1.29 is 22.7 Å². The van der Waals surface area contributed by atoms with Crippen molar-refractivity contribution in [1.82, 2.24) is 19.7 Å². The molecule has 0 radical (unpaired) electrons. The van der Waals surface area contributed by atoms with E-state index >= 15 is 0 Å². The van der Waals surface area contributed by atoms with Gasteiger partial charge in [-0.1, -0.05) is 5.21 Å². The molecule has 1 aliphatic carbocycles. The van der Waals surface area contributed by atoms with Crippen LogP contribution in [0.1, 0.15) is 43.7 Å². The second-order valence-corrected chi connectivity index (χ2v) is 9.42. The highest BCUT2D eigenvalue weighted by Crippen LogP contribution is 2.38. The van der Waals surface area contributed by atoms with E-state index in [0.717, 1.165) is 17.8 Å². The van der Waals surface area contributed by atoms with E-state index < -0.39 is 28.0 Å². The molecule has 2 aliphatic rings. The minimum atomic E-state index is -3.82. The molecule has 158 valence electrons. The fraction of sp³-hybridized carbons (Fsp3) is 0.579. The third-order valence-electron chi connectivity index (χ3n) is 5.46. The van der Waals surface area contributed by atoms with E-state index in [2.05, 4.69) is 15.0 Å². The lowest BCUT2D eigenvalue weighted by atomic mass is 9.98. The van der Waals surface area contributed by atoms with Gasteiger partial charge in [0.2, 0.25) is 10.0 Å². The number of nitrogens with zero attached hydrogens (tertiary/aromatic N) is 3. The first-order valence-corrected chi connectivity index (χ1v) is 11.4. The molecule has 2 heterocycles. The minimum Gasteiger partial charge on any atom is -0.394 e. The zero-order chi connectivity index (χ0) is 20.4. The number of ether oxygens (including phenoxy) is 1. The monoisotopic (exact) mass is 424 g/mol. The molecule has 1 saturated carbocycles. The first-order valence-electron chi connectivity index (χ1n) is 9.89. The van der Waals surface area contributed by atoms with Crippen LogP contribution in [-0.2, 0) is 21.3 Å². The summed E-state index contributed by atoms with van der Waals surface area (Å²) in [4.78, 5) is -0.0182. The van der Waals surface area contributed by atoms with Gasteiger partial charge in [0.05, 0.1) is 35.4 Å². The van der Waals surface area contributed by atoms with Gasteiger partial charge in [0.1, 0.15) is 5.82 Å². The summed E-state index contributed by atoms with van der Waals surface area (Å²) in [6, 6.07) is 4.09. The number of halogens is 1. The first-order chi connectivity index (χ1) is 13.9. The molecule has 0 bridgehead atoms. The molecule has 1 aliphatic heterocycles. The van der Waals surface area contributed by atoms with Crippen LogP contribution < -0.4 is 4.72 Å². The van der Waals surface area contributed by atoms with Crippen LogP contribution in [0.25, 0.3) is 0 Å². The summed E-state index contributed by atoms with van der Waals surface area (Å²) in [5.41, 5.74) is 1.04. The van der Waals surface area contributed by atoms with Crippen LogP contribution in [0.15, 0.2) is 35.4 Å². The quantitative estimate of drug-likeness (QED) is 0.666. The number of aromatic nitrogens is 3. The number of rotatable bonds is 8. The predicted molar refractivity (Wildman–Crippen MR) is 102 cm³/mol. The molecule has 1 saturated heterocycles. The van der Waals surface area contributed by atoms with Crippen LogP contribution in [-0.4, -0.2) is 53.4 Å². The van der Waals surface area contributed by atoms with Crippen molar-refractivity contribution in [2.45, 2.75) is 67.7 Å². The molecule has 3 atom stereocenters. The highest BCUT2D eigenvalue weighted by molar-refractivity contribution is 7.89. The maximum Gasteiger partial charge on any atom is 0.240 e. The summed E-state index contributed by atoms with van der Waals surface area (Å²) in [7, 11) is -3.82. The molecule has 0 unspecified atom stereocenters. The van der Waals surface area contributed by atoms with E-state index in [1.807, 2.05) is 10.9 Å². The van der Waals surface area contributed by atoms with Crippen LogP contribution in [0.5, 0.6) is 0 Å². The molecule has 8 nitrogen and oxygen atoms in total. The van der Waals surface area contributed by atoms with E-state index in [-0.39, 0.29) is 17.6 Å². The summed E-state index contributed by atoms with van der Waals surface area (Å²) in [5.74, 6) is 0.0565. The molecule has 29 heavy (non-hydrogen) atoms. The second-order valence-electron chi connectivity index (χ2n) is 7.71. The molecular formula is C19H25FN4O4S. The zero-order valence-electron chi connectivity index (χ0n) is 15.9. The van der Waals surface area contributed by atoms with Crippen molar-refractivity contribution >= 4 is 10.0 Å². The Morgan fingerprint density at radius 3 is 2.66 bits per heavy atom. The Bertz CT molecular complexity index is 930. The number of nitrogens with one attached hydrogen (secondary N) is 1. The normalized spacial score (nSPS) is 25.2. The van der Waals surface area contributed by atoms with Gasteiger partial charge < -0.3 is 9.84 Å². The van der Waals surface area contributed by atoms with Gasteiger partial charge in [0.25, 0.3) is 0 Å². The van der Waals surface area contributed by atoms with Crippen molar-refractivity contribution in [1.29, 1.82) is 0 Å². The number of aliphatic hydroxyl groups excluding tert-OH is 1. The fourth-order valence-corrected chi connectivity index (χ4v) is 4.92. The minimum absolute atomic E-state index is 0.0182. The predicted octanol–water partition coefficient (Wildman–Crippen LogP) is 1.57. The Kier molecular flexibility index (Phi) is 5.95. The molecule has 4 rings (SSSR count). The van der Waals surface area contributed by atoms with Crippen molar-refractivity contribution in [3.63, 3.8) is 0 Å². The van der Waals surface area contributed by atoms with E-state index in [9.17, 15) is 17.9 Å². The Hall–Kier alpha value is -1.88. The second kappa shape index (κ2) is 8.47. The van der Waals surface area contributed by atoms with Crippen molar-refractivity contribution in [2.75, 3.05) is 6.61 Å². The molecule has 2 N–H and O–H groups in total. The average Bonchev–Trinajstić information content (AvgIpc) is 3.45. The molecule has 1 aromatic heterocycles. The van der Waals surface area contributed by atoms with Gasteiger partial charge >= 0.3 is 0 Å². The number of benzene rings is 1. The highest BCUT2D eigenvalue weighted by Gasteiger charge is 2.34. The fourth-order valence-electron chi connectivity index (χ4n) is 3.63. The summed E-state index contributed by atoms with van der Waals surface area (Å²) >= 11 is 0. The largest absolute Gasteiger partial charge is 0.394 e. The Morgan fingerprint density at radius 2 is 1.97 bits per heavy atom. The molecule has 1 aromatic carbocycles. The van der Waals surface area contributed by atoms with Crippen molar-refractivity contribution in [3.05, 3.63) is 42.0 Å². The molecule has 2 aromatic rings. The van der Waals surface area contributed by atoms with Crippen LogP contribution in [0.3, 0.4) is 0 Å². The van der Waals surface area contributed by atoms with E-state index in [4.69, 9.17) is 4.74 Å². The van der Waals surface area contributed by atoms with Crippen molar-refractivity contribution in [3.8, 4) is 0 Å². The van der Waals surface area contributed by atoms with E-state index in [1.165, 1.54) is 25.0 Å². The van der Waals surface area contributed by atoms with Gasteiger partial charge in [-0.2, -0.15) is 0 Å². The smallest absolute Gasteiger partial charge is 0.240 e. The molecule has 2 fully saturated rings. The SMILES string of the molecule is O=S(=O)(N[C@@H]1CC[C@@H](CCn2cc(C3CC3)nn2)O[C@@H]1CO)c1ccc(F)cc1. The van der Waals surface area contributed by atoms with Gasteiger partial charge in [-0.25, -0.2) is 17.5 Å². The number of aryl methyl sites for hydroxylation is 1. The maximum atomic E-state index is 13.1. The van der Waals surface area contributed by atoms with Crippen LogP contribution in [0.4, 0.5) is 4.39 Å². The third-order valence-corrected chi connectivity index (χ3v) is 6.96. The summed E-state index contributed by atoms with van der Waals surface area (Å²) < 4.78 is 48.5. The van der Waals surface area contributed by atoms with Crippen molar-refractivity contribution in [2.24, 2.45) is 0 Å². The number of hydrogen-bond acceptors (Lipinski definition) is 6. The molecule has 10 heteroatoms. The lowest BCUT2D eigenvalue weighted by Crippen LogP contribution is -2.50. The Balaban J connectivity index is 1.32. The Labute approximate surface area is 169 Å². The van der Waals surface area contributed by atoms with Gasteiger partial charge in [0, 0.05) is 18.7 Å². The highest BCUT2D eigenvalue weighted by atomic mass is 32.2. The van der Waals surface area contributed by atoms with Gasteiger partial charge in [-0.3, -0.25) is 4.68 Å². The Morgan fingerprint density at radius 1 is 1.21 bits per heavy atom. The summed E-state index contributed by atoms with van der Waals surface area (Å²) in [6.07, 6.45) is 5.52. The lowest BCUT2D eigenvalue weighted by Gasteiger charge is -2.36.